The standard InChI is InChI=1S/C23H15N3O/c1-2-16-10-11-19-18(13-16)22(17-7-4-3-5-8-17)24-14-20-23(25-15-26(19)20)21-9-6-12-27-21/h1,3-13,15H,14H2. The van der Waals surface area contributed by atoms with Crippen molar-refractivity contribution in [1.29, 1.82) is 0 Å². The largest absolute Gasteiger partial charge is 0.463 e. The summed E-state index contributed by atoms with van der Waals surface area (Å²) in [7, 11) is 0. The molecule has 128 valence electrons. The minimum absolute atomic E-state index is 0.500. The number of hydrogen-bond acceptors (Lipinski definition) is 3. The van der Waals surface area contributed by atoms with Crippen LogP contribution in [-0.2, 0) is 6.54 Å². The van der Waals surface area contributed by atoms with Gasteiger partial charge in [0.2, 0.25) is 0 Å². The summed E-state index contributed by atoms with van der Waals surface area (Å²) >= 11 is 0. The summed E-state index contributed by atoms with van der Waals surface area (Å²) in [6.45, 7) is 0.500. The van der Waals surface area contributed by atoms with Gasteiger partial charge in [0.25, 0.3) is 0 Å². The zero-order chi connectivity index (χ0) is 18.2. The molecule has 0 saturated heterocycles. The second kappa shape index (κ2) is 6.15. The minimum atomic E-state index is 0.500. The van der Waals surface area contributed by atoms with E-state index in [9.17, 15) is 0 Å². The molecule has 27 heavy (non-hydrogen) atoms. The van der Waals surface area contributed by atoms with Crippen molar-refractivity contribution in [2.24, 2.45) is 4.99 Å². The number of nitrogens with zero attached hydrogens (tertiary/aromatic N) is 3. The molecular weight excluding hydrogens is 334 g/mol. The molecular formula is C23H15N3O. The second-order valence-electron chi connectivity index (χ2n) is 6.29. The van der Waals surface area contributed by atoms with E-state index in [0.717, 1.165) is 45.2 Å². The fourth-order valence-electron chi connectivity index (χ4n) is 3.46. The zero-order valence-corrected chi connectivity index (χ0v) is 14.5. The number of imidazole rings is 1. The molecule has 5 rings (SSSR count). The molecule has 0 spiro atoms. The molecule has 0 atom stereocenters. The summed E-state index contributed by atoms with van der Waals surface area (Å²) in [4.78, 5) is 9.52. The Balaban J connectivity index is 1.77. The maximum absolute atomic E-state index is 5.65. The Labute approximate surface area is 156 Å². The Morgan fingerprint density at radius 3 is 2.70 bits per heavy atom. The molecule has 1 aliphatic rings. The van der Waals surface area contributed by atoms with Gasteiger partial charge in [-0.3, -0.25) is 9.56 Å². The van der Waals surface area contributed by atoms with Crippen molar-refractivity contribution in [3.63, 3.8) is 0 Å². The topological polar surface area (TPSA) is 43.3 Å². The normalized spacial score (nSPS) is 12.5. The van der Waals surface area contributed by atoms with E-state index in [1.165, 1.54) is 0 Å². The average molecular weight is 349 g/mol. The lowest BCUT2D eigenvalue weighted by atomic mass is 9.98. The van der Waals surface area contributed by atoms with Gasteiger partial charge in [-0.05, 0) is 30.3 Å². The fourth-order valence-corrected chi connectivity index (χ4v) is 3.46. The first kappa shape index (κ1) is 15.4. The molecule has 4 heteroatoms. The highest BCUT2D eigenvalue weighted by atomic mass is 16.3. The summed E-state index contributed by atoms with van der Waals surface area (Å²) in [5, 5.41) is 0. The number of terminal acetylenes is 1. The highest BCUT2D eigenvalue weighted by Gasteiger charge is 2.23. The molecule has 0 bridgehead atoms. The first-order chi connectivity index (χ1) is 13.3. The third kappa shape index (κ3) is 2.49. The quantitative estimate of drug-likeness (QED) is 0.501. The Bertz CT molecular complexity index is 1190. The zero-order valence-electron chi connectivity index (χ0n) is 14.5. The number of hydrogen-bond donors (Lipinski definition) is 0. The van der Waals surface area contributed by atoms with Crippen molar-refractivity contribution in [2.75, 3.05) is 0 Å². The van der Waals surface area contributed by atoms with E-state index in [2.05, 4.69) is 27.6 Å². The maximum Gasteiger partial charge on any atom is 0.154 e. The predicted molar refractivity (Wildman–Crippen MR) is 105 cm³/mol. The Morgan fingerprint density at radius 1 is 1.04 bits per heavy atom. The van der Waals surface area contributed by atoms with Gasteiger partial charge in [-0.15, -0.1) is 6.42 Å². The molecule has 0 fully saturated rings. The summed E-state index contributed by atoms with van der Waals surface area (Å²) in [6, 6.07) is 19.9. The molecule has 1 aliphatic heterocycles. The molecule has 0 amide bonds. The van der Waals surface area contributed by atoms with E-state index in [-0.39, 0.29) is 0 Å². The summed E-state index contributed by atoms with van der Waals surface area (Å²) in [5.41, 5.74) is 6.62. The van der Waals surface area contributed by atoms with Crippen LogP contribution in [-0.4, -0.2) is 15.3 Å². The third-order valence-electron chi connectivity index (χ3n) is 4.73. The first-order valence-electron chi connectivity index (χ1n) is 8.66. The van der Waals surface area contributed by atoms with E-state index in [4.69, 9.17) is 15.8 Å². The molecule has 0 unspecified atom stereocenters. The molecule has 0 aliphatic carbocycles. The number of fused-ring (bicyclic) bond motifs is 3. The van der Waals surface area contributed by atoms with Gasteiger partial charge in [-0.2, -0.15) is 0 Å². The van der Waals surface area contributed by atoms with Crippen molar-refractivity contribution in [1.82, 2.24) is 9.55 Å². The van der Waals surface area contributed by atoms with Crippen LogP contribution in [0.5, 0.6) is 0 Å². The second-order valence-corrected chi connectivity index (χ2v) is 6.29. The van der Waals surface area contributed by atoms with Gasteiger partial charge in [-0.25, -0.2) is 4.98 Å². The van der Waals surface area contributed by atoms with Crippen LogP contribution in [0.25, 0.3) is 17.1 Å². The highest BCUT2D eigenvalue weighted by molar-refractivity contribution is 6.15. The fraction of sp³-hybridized carbons (Fsp3) is 0.0435. The van der Waals surface area contributed by atoms with E-state index in [0.29, 0.717) is 6.54 Å². The Hall–Kier alpha value is -3.84. The molecule has 2 aromatic heterocycles. The van der Waals surface area contributed by atoms with Crippen molar-refractivity contribution < 1.29 is 4.42 Å². The number of aliphatic imine (C=N–C) groups is 1. The van der Waals surface area contributed by atoms with Crippen LogP contribution in [0.2, 0.25) is 0 Å². The van der Waals surface area contributed by atoms with E-state index in [1.807, 2.05) is 54.9 Å². The van der Waals surface area contributed by atoms with Crippen LogP contribution in [0, 0.1) is 12.3 Å². The summed E-state index contributed by atoms with van der Waals surface area (Å²) < 4.78 is 7.65. The van der Waals surface area contributed by atoms with Gasteiger partial charge in [0.1, 0.15) is 12.0 Å². The first-order valence-corrected chi connectivity index (χ1v) is 8.66. The van der Waals surface area contributed by atoms with Crippen LogP contribution in [0.4, 0.5) is 0 Å². The van der Waals surface area contributed by atoms with Gasteiger partial charge in [0, 0.05) is 16.7 Å². The lowest BCUT2D eigenvalue weighted by Gasteiger charge is -2.12. The highest BCUT2D eigenvalue weighted by Crippen LogP contribution is 2.31. The van der Waals surface area contributed by atoms with Gasteiger partial charge < -0.3 is 4.42 Å². The Kier molecular flexibility index (Phi) is 3.51. The van der Waals surface area contributed by atoms with E-state index >= 15 is 0 Å². The minimum Gasteiger partial charge on any atom is -0.463 e. The SMILES string of the molecule is C#Cc1ccc2c(c1)C(c1ccccc1)=NCc1c(-c3ccco3)ncn1-2. The lowest BCUT2D eigenvalue weighted by Crippen LogP contribution is -2.07. The summed E-state index contributed by atoms with van der Waals surface area (Å²) in [5.74, 6) is 3.47. The molecule has 0 saturated carbocycles. The number of aromatic nitrogens is 2. The van der Waals surface area contributed by atoms with E-state index < -0.39 is 0 Å². The molecule has 0 radical (unpaired) electrons. The Morgan fingerprint density at radius 2 is 1.93 bits per heavy atom. The number of furan rings is 1. The third-order valence-corrected chi connectivity index (χ3v) is 4.73. The van der Waals surface area contributed by atoms with Crippen LogP contribution >= 0.6 is 0 Å². The lowest BCUT2D eigenvalue weighted by molar-refractivity contribution is 0.579. The molecule has 4 nitrogen and oxygen atoms in total. The monoisotopic (exact) mass is 349 g/mol. The van der Waals surface area contributed by atoms with Crippen LogP contribution in [0.1, 0.15) is 22.4 Å². The van der Waals surface area contributed by atoms with Crippen LogP contribution < -0.4 is 0 Å². The van der Waals surface area contributed by atoms with Crippen LogP contribution in [0.3, 0.4) is 0 Å². The molecule has 3 heterocycles. The van der Waals surface area contributed by atoms with Gasteiger partial charge in [0.15, 0.2) is 5.76 Å². The van der Waals surface area contributed by atoms with Crippen molar-refractivity contribution >= 4 is 5.71 Å². The van der Waals surface area contributed by atoms with Gasteiger partial charge in [0.05, 0.1) is 29.9 Å². The van der Waals surface area contributed by atoms with Crippen molar-refractivity contribution in [3.05, 3.63) is 95.6 Å². The van der Waals surface area contributed by atoms with Crippen molar-refractivity contribution in [2.45, 2.75) is 6.54 Å². The van der Waals surface area contributed by atoms with Crippen molar-refractivity contribution in [3.8, 4) is 29.5 Å². The van der Waals surface area contributed by atoms with Gasteiger partial charge in [-0.1, -0.05) is 36.3 Å². The summed E-state index contributed by atoms with van der Waals surface area (Å²) in [6.07, 6.45) is 9.13. The van der Waals surface area contributed by atoms with Crippen LogP contribution in [0.15, 0.2) is 82.7 Å². The molecule has 4 aromatic rings. The average Bonchev–Trinajstić information content (AvgIpc) is 3.36. The number of benzene rings is 2. The maximum atomic E-state index is 5.65. The van der Waals surface area contributed by atoms with Gasteiger partial charge >= 0.3 is 0 Å². The smallest absolute Gasteiger partial charge is 0.154 e. The number of rotatable bonds is 2. The van der Waals surface area contributed by atoms with E-state index in [1.54, 1.807) is 6.26 Å². The molecule has 0 N–H and O–H groups in total. The molecule has 2 aromatic carbocycles. The predicted octanol–water partition coefficient (Wildman–Crippen LogP) is 4.46.